The minimum Gasteiger partial charge on any atom is -0.480 e. The molecule has 0 aromatic rings. The highest BCUT2D eigenvalue weighted by Gasteiger charge is 2.22. The van der Waals surface area contributed by atoms with E-state index in [1.807, 2.05) is 0 Å². The summed E-state index contributed by atoms with van der Waals surface area (Å²) in [6.07, 6.45) is 1.33. The van der Waals surface area contributed by atoms with E-state index >= 15 is 0 Å². The average Bonchev–Trinajstić information content (AvgIpc) is 2.26. The number of nitrogens with zero attached hydrogens (tertiary/aromatic N) is 2. The fourth-order valence-corrected chi connectivity index (χ4v) is 1.47. The summed E-state index contributed by atoms with van der Waals surface area (Å²) in [6.45, 7) is 0.671. The number of nitriles is 1. The van der Waals surface area contributed by atoms with Crippen LogP contribution in [0.2, 0.25) is 0 Å². The summed E-state index contributed by atoms with van der Waals surface area (Å²) in [7, 11) is 0. The van der Waals surface area contributed by atoms with Crippen LogP contribution in [0.15, 0.2) is 0 Å². The van der Waals surface area contributed by atoms with Crippen molar-refractivity contribution in [2.24, 2.45) is 5.92 Å². The number of hydrogen-bond donors (Lipinski definition) is 2. The van der Waals surface area contributed by atoms with Crippen LogP contribution >= 0.6 is 0 Å². The second-order valence-corrected chi connectivity index (χ2v) is 3.44. The molecule has 0 unspecified atom stereocenters. The average molecular weight is 211 g/mol. The van der Waals surface area contributed by atoms with Crippen molar-refractivity contribution >= 4 is 12.0 Å². The number of carboxylic acids is 1. The Labute approximate surface area is 87.5 Å². The normalized spacial score (nSPS) is 16.9. The molecule has 6 heteroatoms. The number of nitrogens with one attached hydrogen (secondary N) is 1. The quantitative estimate of drug-likeness (QED) is 0.673. The van der Waals surface area contributed by atoms with Crippen molar-refractivity contribution in [1.29, 1.82) is 5.26 Å². The summed E-state index contributed by atoms with van der Waals surface area (Å²) < 4.78 is 0. The lowest BCUT2D eigenvalue weighted by atomic mass is 9.99. The molecule has 2 N–H and O–H groups in total. The van der Waals surface area contributed by atoms with E-state index in [2.05, 4.69) is 11.4 Å². The summed E-state index contributed by atoms with van der Waals surface area (Å²) in [5.74, 6) is -1.04. The van der Waals surface area contributed by atoms with Crippen molar-refractivity contribution < 1.29 is 14.7 Å². The molecular formula is C9H13N3O3. The fourth-order valence-electron chi connectivity index (χ4n) is 1.47. The van der Waals surface area contributed by atoms with Crippen LogP contribution < -0.4 is 5.32 Å². The number of aliphatic carboxylic acids is 1. The van der Waals surface area contributed by atoms with Crippen LogP contribution in [0.3, 0.4) is 0 Å². The minimum absolute atomic E-state index is 0.0218. The molecule has 1 aliphatic heterocycles. The van der Waals surface area contributed by atoms with E-state index < -0.39 is 5.97 Å². The van der Waals surface area contributed by atoms with Gasteiger partial charge in [-0.15, -0.1) is 0 Å². The molecule has 0 atom stereocenters. The van der Waals surface area contributed by atoms with Crippen LogP contribution in [0.4, 0.5) is 4.79 Å². The zero-order valence-electron chi connectivity index (χ0n) is 8.27. The Bertz CT molecular complexity index is 289. The molecule has 1 saturated heterocycles. The second-order valence-electron chi connectivity index (χ2n) is 3.44. The number of carboxylic acid groups (broad SMARTS) is 1. The predicted octanol–water partition coefficient (Wildman–Crippen LogP) is 0.0162. The molecule has 0 spiro atoms. The van der Waals surface area contributed by atoms with Gasteiger partial charge in [0.25, 0.3) is 0 Å². The van der Waals surface area contributed by atoms with Crippen molar-refractivity contribution in [3.63, 3.8) is 0 Å². The lowest BCUT2D eigenvalue weighted by Gasteiger charge is -2.28. The molecule has 0 saturated carbocycles. The monoisotopic (exact) mass is 211 g/mol. The van der Waals surface area contributed by atoms with E-state index in [1.54, 1.807) is 0 Å². The number of hydrogen-bond acceptors (Lipinski definition) is 3. The first kappa shape index (κ1) is 11.3. The maximum absolute atomic E-state index is 11.4. The van der Waals surface area contributed by atoms with Crippen LogP contribution in [0.5, 0.6) is 0 Å². The summed E-state index contributed by atoms with van der Waals surface area (Å²) in [5.41, 5.74) is 0. The number of amides is 2. The van der Waals surface area contributed by atoms with Gasteiger partial charge in [0.15, 0.2) is 0 Å². The molecule has 1 fully saturated rings. The van der Waals surface area contributed by atoms with Gasteiger partial charge in [-0.2, -0.15) is 5.26 Å². The highest BCUT2D eigenvalue weighted by Crippen LogP contribution is 2.15. The number of rotatable bonds is 2. The molecule has 0 radical (unpaired) electrons. The molecule has 0 aliphatic carbocycles. The van der Waals surface area contributed by atoms with E-state index in [0.29, 0.717) is 25.9 Å². The van der Waals surface area contributed by atoms with Crippen molar-refractivity contribution in [1.82, 2.24) is 10.2 Å². The van der Waals surface area contributed by atoms with Gasteiger partial charge in [-0.05, 0) is 12.8 Å². The summed E-state index contributed by atoms with van der Waals surface area (Å²) in [6, 6.07) is 1.79. The van der Waals surface area contributed by atoms with Gasteiger partial charge in [0.1, 0.15) is 6.54 Å². The van der Waals surface area contributed by atoms with E-state index in [-0.39, 0.29) is 18.5 Å². The van der Waals surface area contributed by atoms with Crippen LogP contribution in [-0.4, -0.2) is 41.6 Å². The van der Waals surface area contributed by atoms with E-state index in [9.17, 15) is 9.59 Å². The first-order chi connectivity index (χ1) is 7.13. The number of carbonyl (C=O) groups excluding carboxylic acids is 1. The Morgan fingerprint density at radius 3 is 2.53 bits per heavy atom. The summed E-state index contributed by atoms with van der Waals surface area (Å²) in [4.78, 5) is 23.1. The fraction of sp³-hybridized carbons (Fsp3) is 0.667. The standard InChI is InChI=1S/C9H13N3O3/c10-5-7-1-3-12(4-2-7)9(15)11-6-8(13)14/h7H,1-4,6H2,(H,11,15)(H,13,14). The molecule has 0 aromatic carbocycles. The number of piperidine rings is 1. The smallest absolute Gasteiger partial charge is 0.323 e. The Kier molecular flexibility index (Phi) is 3.92. The van der Waals surface area contributed by atoms with Gasteiger partial charge in [0.2, 0.25) is 0 Å². The Morgan fingerprint density at radius 1 is 1.47 bits per heavy atom. The molecule has 6 nitrogen and oxygen atoms in total. The first-order valence-corrected chi connectivity index (χ1v) is 4.77. The van der Waals surface area contributed by atoms with Crippen molar-refractivity contribution in [3.8, 4) is 6.07 Å². The molecule has 1 rings (SSSR count). The molecule has 0 aromatic heterocycles. The maximum atomic E-state index is 11.4. The van der Waals surface area contributed by atoms with Gasteiger partial charge in [-0.1, -0.05) is 0 Å². The van der Waals surface area contributed by atoms with Crippen LogP contribution in [0.1, 0.15) is 12.8 Å². The zero-order chi connectivity index (χ0) is 11.3. The van der Waals surface area contributed by atoms with E-state index in [0.717, 1.165) is 0 Å². The zero-order valence-corrected chi connectivity index (χ0v) is 8.27. The second kappa shape index (κ2) is 5.20. The van der Waals surface area contributed by atoms with Gasteiger partial charge in [-0.25, -0.2) is 4.79 Å². The molecule has 2 amide bonds. The van der Waals surface area contributed by atoms with Crippen molar-refractivity contribution in [2.75, 3.05) is 19.6 Å². The third-order valence-electron chi connectivity index (χ3n) is 2.36. The third-order valence-corrected chi connectivity index (χ3v) is 2.36. The van der Waals surface area contributed by atoms with Crippen molar-refractivity contribution in [3.05, 3.63) is 0 Å². The van der Waals surface area contributed by atoms with Gasteiger partial charge in [-0.3, -0.25) is 4.79 Å². The third kappa shape index (κ3) is 3.46. The van der Waals surface area contributed by atoms with Crippen LogP contribution in [-0.2, 0) is 4.79 Å². The molecule has 0 bridgehead atoms. The lowest BCUT2D eigenvalue weighted by molar-refractivity contribution is -0.135. The summed E-state index contributed by atoms with van der Waals surface area (Å²) >= 11 is 0. The van der Waals surface area contributed by atoms with Gasteiger partial charge in [0.05, 0.1) is 6.07 Å². The Hall–Kier alpha value is -1.77. The van der Waals surface area contributed by atoms with Crippen molar-refractivity contribution in [2.45, 2.75) is 12.8 Å². The van der Waals surface area contributed by atoms with Crippen LogP contribution in [0.25, 0.3) is 0 Å². The predicted molar refractivity (Wildman–Crippen MR) is 50.9 cm³/mol. The molecule has 82 valence electrons. The summed E-state index contributed by atoms with van der Waals surface area (Å²) in [5, 5.41) is 19.3. The Morgan fingerprint density at radius 2 is 2.07 bits per heavy atom. The maximum Gasteiger partial charge on any atom is 0.323 e. The molecule has 15 heavy (non-hydrogen) atoms. The van der Waals surface area contributed by atoms with E-state index in [1.165, 1.54) is 4.90 Å². The minimum atomic E-state index is -1.06. The largest absolute Gasteiger partial charge is 0.480 e. The van der Waals surface area contributed by atoms with E-state index in [4.69, 9.17) is 10.4 Å². The first-order valence-electron chi connectivity index (χ1n) is 4.77. The van der Waals surface area contributed by atoms with Gasteiger partial charge >= 0.3 is 12.0 Å². The molecular weight excluding hydrogens is 198 g/mol. The van der Waals surface area contributed by atoms with Gasteiger partial charge < -0.3 is 15.3 Å². The lowest BCUT2D eigenvalue weighted by Crippen LogP contribution is -2.45. The number of urea groups is 1. The number of carbonyl (C=O) groups is 2. The topological polar surface area (TPSA) is 93.4 Å². The SMILES string of the molecule is N#CC1CCN(C(=O)NCC(=O)O)CC1. The van der Waals surface area contributed by atoms with Gasteiger partial charge in [0, 0.05) is 19.0 Å². The molecule has 1 aliphatic rings. The highest BCUT2D eigenvalue weighted by molar-refractivity contribution is 5.79. The van der Waals surface area contributed by atoms with Crippen LogP contribution in [0, 0.1) is 17.2 Å². The number of likely N-dealkylation sites (tertiary alicyclic amines) is 1. The Balaban J connectivity index is 2.30. The molecule has 1 heterocycles. The highest BCUT2D eigenvalue weighted by atomic mass is 16.4.